The summed E-state index contributed by atoms with van der Waals surface area (Å²) in [5.41, 5.74) is 0.918. The Hall–Kier alpha value is -1.91. The molecule has 0 unspecified atom stereocenters. The minimum atomic E-state index is -1.06. The maximum absolute atomic E-state index is 13.3. The Morgan fingerprint density at radius 1 is 1.62 bits per heavy atom. The SMILES string of the molecule is Cc1ccc([C@H](CC(=O)O)NC=O)cc1F. The van der Waals surface area contributed by atoms with Crippen molar-refractivity contribution in [2.24, 2.45) is 0 Å². The highest BCUT2D eigenvalue weighted by Gasteiger charge is 2.15. The molecule has 2 N–H and O–H groups in total. The zero-order valence-electron chi connectivity index (χ0n) is 8.74. The van der Waals surface area contributed by atoms with Gasteiger partial charge in [-0.3, -0.25) is 9.59 Å². The second-order valence-electron chi connectivity index (χ2n) is 3.44. The Labute approximate surface area is 92.1 Å². The van der Waals surface area contributed by atoms with Crippen molar-refractivity contribution < 1.29 is 19.1 Å². The van der Waals surface area contributed by atoms with Crippen LogP contribution in [0.25, 0.3) is 0 Å². The zero-order chi connectivity index (χ0) is 12.1. The number of benzene rings is 1. The second-order valence-corrected chi connectivity index (χ2v) is 3.44. The molecule has 0 bridgehead atoms. The molecule has 1 rings (SSSR count). The van der Waals surface area contributed by atoms with E-state index in [1.807, 2.05) is 0 Å². The predicted octanol–water partition coefficient (Wildman–Crippen LogP) is 1.40. The number of amides is 1. The first-order valence-electron chi connectivity index (χ1n) is 4.72. The number of rotatable bonds is 5. The van der Waals surface area contributed by atoms with Crippen LogP contribution in [0.4, 0.5) is 4.39 Å². The molecule has 4 nitrogen and oxygen atoms in total. The number of carboxylic acids is 1. The maximum atomic E-state index is 13.3. The molecule has 0 heterocycles. The minimum Gasteiger partial charge on any atom is -0.481 e. The van der Waals surface area contributed by atoms with Crippen LogP contribution < -0.4 is 5.32 Å². The van der Waals surface area contributed by atoms with Gasteiger partial charge in [0.2, 0.25) is 6.41 Å². The first-order chi connectivity index (χ1) is 7.54. The van der Waals surface area contributed by atoms with E-state index in [0.29, 0.717) is 17.5 Å². The number of hydrogen-bond donors (Lipinski definition) is 2. The second kappa shape index (κ2) is 5.25. The molecule has 1 atom stereocenters. The number of aryl methyl sites for hydroxylation is 1. The highest BCUT2D eigenvalue weighted by atomic mass is 19.1. The molecule has 0 fully saturated rings. The summed E-state index contributed by atoms with van der Waals surface area (Å²) in [5.74, 6) is -1.47. The number of carboxylic acid groups (broad SMARTS) is 1. The summed E-state index contributed by atoms with van der Waals surface area (Å²) in [6, 6.07) is 3.68. The quantitative estimate of drug-likeness (QED) is 0.744. The molecule has 0 aromatic heterocycles. The van der Waals surface area contributed by atoms with Gasteiger partial charge in [0.05, 0.1) is 12.5 Å². The number of carbonyl (C=O) groups is 2. The highest BCUT2D eigenvalue weighted by Crippen LogP contribution is 2.19. The maximum Gasteiger partial charge on any atom is 0.305 e. The van der Waals surface area contributed by atoms with E-state index in [9.17, 15) is 14.0 Å². The Kier molecular flexibility index (Phi) is 3.99. The van der Waals surface area contributed by atoms with Crippen LogP contribution >= 0.6 is 0 Å². The molecule has 0 saturated carbocycles. The molecule has 0 aliphatic heterocycles. The van der Waals surface area contributed by atoms with E-state index in [-0.39, 0.29) is 6.42 Å². The minimum absolute atomic E-state index is 0.277. The third-order valence-electron chi connectivity index (χ3n) is 2.25. The average Bonchev–Trinajstić information content (AvgIpc) is 2.21. The summed E-state index contributed by atoms with van der Waals surface area (Å²) in [5, 5.41) is 11.0. The summed E-state index contributed by atoms with van der Waals surface area (Å²) < 4.78 is 13.3. The molecule has 1 aromatic rings. The number of nitrogens with one attached hydrogen (secondary N) is 1. The van der Waals surface area contributed by atoms with Gasteiger partial charge in [0.1, 0.15) is 5.82 Å². The third kappa shape index (κ3) is 3.05. The lowest BCUT2D eigenvalue weighted by molar-refractivity contribution is -0.137. The van der Waals surface area contributed by atoms with Gasteiger partial charge in [0.15, 0.2) is 0 Å². The fourth-order valence-electron chi connectivity index (χ4n) is 1.36. The van der Waals surface area contributed by atoms with Gasteiger partial charge in [-0.2, -0.15) is 0 Å². The summed E-state index contributed by atoms with van der Waals surface area (Å²) >= 11 is 0. The molecule has 0 aliphatic rings. The van der Waals surface area contributed by atoms with Gasteiger partial charge in [0.25, 0.3) is 0 Å². The lowest BCUT2D eigenvalue weighted by atomic mass is 10.0. The molecule has 1 amide bonds. The van der Waals surface area contributed by atoms with Crippen LogP contribution in [0.15, 0.2) is 18.2 Å². The van der Waals surface area contributed by atoms with Crippen LogP contribution in [0.1, 0.15) is 23.6 Å². The summed E-state index contributed by atoms with van der Waals surface area (Å²) in [4.78, 5) is 20.9. The molecule has 1 aromatic carbocycles. The predicted molar refractivity (Wildman–Crippen MR) is 55.3 cm³/mol. The van der Waals surface area contributed by atoms with E-state index < -0.39 is 17.8 Å². The highest BCUT2D eigenvalue weighted by molar-refractivity contribution is 5.68. The van der Waals surface area contributed by atoms with Crippen LogP contribution in [0.5, 0.6) is 0 Å². The van der Waals surface area contributed by atoms with Crippen molar-refractivity contribution >= 4 is 12.4 Å². The molecular weight excluding hydrogens is 213 g/mol. The molecule has 86 valence electrons. The number of carbonyl (C=O) groups excluding carboxylic acids is 1. The first-order valence-corrected chi connectivity index (χ1v) is 4.72. The average molecular weight is 225 g/mol. The lowest BCUT2D eigenvalue weighted by Gasteiger charge is -2.14. The van der Waals surface area contributed by atoms with Gasteiger partial charge in [-0.1, -0.05) is 12.1 Å². The summed E-state index contributed by atoms with van der Waals surface area (Å²) in [7, 11) is 0. The van der Waals surface area contributed by atoms with E-state index in [0.717, 1.165) is 0 Å². The number of hydrogen-bond acceptors (Lipinski definition) is 2. The van der Waals surface area contributed by atoms with E-state index in [4.69, 9.17) is 5.11 Å². The molecule has 0 radical (unpaired) electrons. The van der Waals surface area contributed by atoms with Crippen molar-refractivity contribution in [1.82, 2.24) is 5.32 Å². The first kappa shape index (κ1) is 12.2. The van der Waals surface area contributed by atoms with E-state index in [1.54, 1.807) is 19.1 Å². The molecule has 0 spiro atoms. The van der Waals surface area contributed by atoms with Crippen molar-refractivity contribution in [3.8, 4) is 0 Å². The summed E-state index contributed by atoms with van der Waals surface area (Å²) in [6.45, 7) is 1.61. The molecule has 16 heavy (non-hydrogen) atoms. The normalized spacial score (nSPS) is 11.9. The standard InChI is InChI=1S/C11H12FNO3/c1-7-2-3-8(4-9(7)12)10(13-6-14)5-11(15)16/h2-4,6,10H,5H2,1H3,(H,13,14)(H,15,16)/t10-/m0/s1. The van der Waals surface area contributed by atoms with Gasteiger partial charge in [0, 0.05) is 0 Å². The zero-order valence-corrected chi connectivity index (χ0v) is 8.74. The Bertz CT molecular complexity index is 406. The van der Waals surface area contributed by atoms with Gasteiger partial charge in [-0.25, -0.2) is 4.39 Å². The molecule has 0 saturated heterocycles. The van der Waals surface area contributed by atoms with Gasteiger partial charge < -0.3 is 10.4 Å². The Morgan fingerprint density at radius 2 is 2.31 bits per heavy atom. The molecule has 5 heteroatoms. The summed E-state index contributed by atoms with van der Waals surface area (Å²) in [6.07, 6.45) is 0.132. The topological polar surface area (TPSA) is 66.4 Å². The van der Waals surface area contributed by atoms with Crippen LogP contribution in [-0.2, 0) is 9.59 Å². The van der Waals surface area contributed by atoms with Gasteiger partial charge >= 0.3 is 5.97 Å². The number of aliphatic carboxylic acids is 1. The van der Waals surface area contributed by atoms with Crippen LogP contribution in [0.2, 0.25) is 0 Å². The van der Waals surface area contributed by atoms with Crippen LogP contribution in [-0.4, -0.2) is 17.5 Å². The number of halogens is 1. The van der Waals surface area contributed by atoms with Crippen molar-refractivity contribution in [2.75, 3.05) is 0 Å². The molecular formula is C11H12FNO3. The van der Waals surface area contributed by atoms with Crippen molar-refractivity contribution in [3.63, 3.8) is 0 Å². The van der Waals surface area contributed by atoms with E-state index >= 15 is 0 Å². The smallest absolute Gasteiger partial charge is 0.305 e. The van der Waals surface area contributed by atoms with E-state index in [1.165, 1.54) is 6.07 Å². The van der Waals surface area contributed by atoms with E-state index in [2.05, 4.69) is 5.32 Å². The fourth-order valence-corrected chi connectivity index (χ4v) is 1.36. The van der Waals surface area contributed by atoms with Gasteiger partial charge in [-0.15, -0.1) is 0 Å². The lowest BCUT2D eigenvalue weighted by Crippen LogP contribution is -2.22. The van der Waals surface area contributed by atoms with Crippen LogP contribution in [0.3, 0.4) is 0 Å². The van der Waals surface area contributed by atoms with Crippen molar-refractivity contribution in [2.45, 2.75) is 19.4 Å². The molecule has 0 aliphatic carbocycles. The fraction of sp³-hybridized carbons (Fsp3) is 0.273. The monoisotopic (exact) mass is 225 g/mol. The largest absolute Gasteiger partial charge is 0.481 e. The third-order valence-corrected chi connectivity index (χ3v) is 2.25. The van der Waals surface area contributed by atoms with Crippen LogP contribution in [0, 0.1) is 12.7 Å². The Morgan fingerprint density at radius 3 is 2.81 bits per heavy atom. The van der Waals surface area contributed by atoms with Gasteiger partial charge in [-0.05, 0) is 24.1 Å². The Balaban J connectivity index is 2.95. The van der Waals surface area contributed by atoms with Crippen molar-refractivity contribution in [1.29, 1.82) is 0 Å². The van der Waals surface area contributed by atoms with Crippen molar-refractivity contribution in [3.05, 3.63) is 35.1 Å².